The molecule has 0 amide bonds. The van der Waals surface area contributed by atoms with Crippen molar-refractivity contribution in [1.82, 2.24) is 0 Å². The number of carbonyl (C=O) groups is 3. The summed E-state index contributed by atoms with van der Waals surface area (Å²) in [7, 11) is 0. The molecule has 0 bridgehead atoms. The van der Waals surface area contributed by atoms with Crippen LogP contribution in [-0.2, 0) is 28.6 Å². The standard InChI is InChI=1S/C74H138O6/c1-4-7-10-13-15-17-19-21-23-25-27-29-31-32-33-34-35-36-37-38-39-40-41-43-44-46-48-50-52-54-56-58-61-64-67-73(76)79-70-71(69-78-72(75)66-63-60-12-9-6-3)80-74(77)68-65-62-59-57-55-53-51-49-47-45-42-30-28-26-24-22-20-18-16-14-11-8-5-2/h20,22,26,28,42,45,71H,4-19,21,23-25,27,29-41,43-44,46-70H2,1-3H3/b22-20-,28-26-,45-42-. The molecule has 0 aliphatic rings. The van der Waals surface area contributed by atoms with Crippen LogP contribution in [0, 0.1) is 0 Å². The average Bonchev–Trinajstić information content (AvgIpc) is 3.46. The molecule has 0 aromatic carbocycles. The van der Waals surface area contributed by atoms with E-state index in [0.29, 0.717) is 19.3 Å². The largest absolute Gasteiger partial charge is 0.462 e. The maximum Gasteiger partial charge on any atom is 0.306 e. The molecule has 0 aliphatic carbocycles. The molecular weight excluding hydrogens is 985 g/mol. The molecule has 1 unspecified atom stereocenters. The van der Waals surface area contributed by atoms with E-state index in [9.17, 15) is 14.4 Å². The van der Waals surface area contributed by atoms with E-state index in [1.165, 1.54) is 276 Å². The van der Waals surface area contributed by atoms with Gasteiger partial charge in [0, 0.05) is 19.3 Å². The topological polar surface area (TPSA) is 78.9 Å². The summed E-state index contributed by atoms with van der Waals surface area (Å²) in [5.41, 5.74) is 0. The summed E-state index contributed by atoms with van der Waals surface area (Å²) in [5, 5.41) is 0. The maximum atomic E-state index is 12.8. The molecule has 0 aromatic heterocycles. The molecule has 0 aromatic rings. The summed E-state index contributed by atoms with van der Waals surface area (Å²) in [6.07, 6.45) is 86.8. The van der Waals surface area contributed by atoms with Crippen molar-refractivity contribution in [2.75, 3.05) is 13.2 Å². The fraction of sp³-hybridized carbons (Fsp3) is 0.878. The van der Waals surface area contributed by atoms with Crippen LogP contribution in [0.3, 0.4) is 0 Å². The average molecular weight is 1120 g/mol. The Bertz CT molecular complexity index is 1340. The van der Waals surface area contributed by atoms with Gasteiger partial charge in [0.2, 0.25) is 0 Å². The van der Waals surface area contributed by atoms with Gasteiger partial charge in [0.15, 0.2) is 6.10 Å². The number of hydrogen-bond donors (Lipinski definition) is 0. The monoisotopic (exact) mass is 1120 g/mol. The van der Waals surface area contributed by atoms with Gasteiger partial charge >= 0.3 is 17.9 Å². The summed E-state index contributed by atoms with van der Waals surface area (Å²) in [4.78, 5) is 38.0. The molecule has 0 aliphatic heterocycles. The normalized spacial score (nSPS) is 12.2. The summed E-state index contributed by atoms with van der Waals surface area (Å²) in [5.74, 6) is -0.870. The molecule has 470 valence electrons. The third-order valence-corrected chi connectivity index (χ3v) is 16.4. The summed E-state index contributed by atoms with van der Waals surface area (Å²) in [6, 6.07) is 0. The van der Waals surface area contributed by atoms with Crippen molar-refractivity contribution in [2.24, 2.45) is 0 Å². The molecule has 0 saturated carbocycles. The van der Waals surface area contributed by atoms with E-state index < -0.39 is 6.10 Å². The van der Waals surface area contributed by atoms with Crippen LogP contribution in [0.15, 0.2) is 36.5 Å². The minimum atomic E-state index is -0.771. The van der Waals surface area contributed by atoms with Gasteiger partial charge in [-0.3, -0.25) is 14.4 Å². The molecule has 0 rings (SSSR count). The summed E-state index contributed by atoms with van der Waals surface area (Å²) in [6.45, 7) is 6.60. The van der Waals surface area contributed by atoms with Crippen molar-refractivity contribution < 1.29 is 28.6 Å². The van der Waals surface area contributed by atoms with E-state index in [1.807, 2.05) is 0 Å². The van der Waals surface area contributed by atoms with Gasteiger partial charge < -0.3 is 14.2 Å². The highest BCUT2D eigenvalue weighted by Gasteiger charge is 2.19. The smallest absolute Gasteiger partial charge is 0.306 e. The molecule has 0 heterocycles. The number of allylic oxidation sites excluding steroid dienone is 6. The zero-order valence-electron chi connectivity index (χ0n) is 54.1. The quantitative estimate of drug-likeness (QED) is 0.0261. The van der Waals surface area contributed by atoms with Crippen molar-refractivity contribution >= 4 is 17.9 Å². The molecule has 0 N–H and O–H groups in total. The molecule has 0 spiro atoms. The van der Waals surface area contributed by atoms with E-state index in [0.717, 1.165) is 83.5 Å². The molecule has 1 atom stereocenters. The van der Waals surface area contributed by atoms with Crippen LogP contribution < -0.4 is 0 Å². The van der Waals surface area contributed by atoms with Crippen molar-refractivity contribution in [1.29, 1.82) is 0 Å². The van der Waals surface area contributed by atoms with Crippen molar-refractivity contribution in [2.45, 2.75) is 406 Å². The van der Waals surface area contributed by atoms with Gasteiger partial charge in [-0.1, -0.05) is 359 Å². The summed E-state index contributed by atoms with van der Waals surface area (Å²) < 4.78 is 16.8. The van der Waals surface area contributed by atoms with E-state index in [-0.39, 0.29) is 31.1 Å². The Kier molecular flexibility index (Phi) is 67.1. The number of esters is 3. The number of carbonyl (C=O) groups excluding carboxylic acids is 3. The zero-order valence-corrected chi connectivity index (χ0v) is 54.1. The fourth-order valence-electron chi connectivity index (χ4n) is 11.0. The van der Waals surface area contributed by atoms with Gasteiger partial charge in [0.25, 0.3) is 0 Å². The number of rotatable bonds is 67. The van der Waals surface area contributed by atoms with Crippen LogP contribution in [-0.4, -0.2) is 37.2 Å². The van der Waals surface area contributed by atoms with Gasteiger partial charge in [-0.15, -0.1) is 0 Å². The van der Waals surface area contributed by atoms with Gasteiger partial charge in [0.1, 0.15) is 13.2 Å². The number of ether oxygens (including phenoxy) is 3. The summed E-state index contributed by atoms with van der Waals surface area (Å²) >= 11 is 0. The first-order valence-corrected chi connectivity index (χ1v) is 36.0. The van der Waals surface area contributed by atoms with Crippen LogP contribution in [0.2, 0.25) is 0 Å². The lowest BCUT2D eigenvalue weighted by molar-refractivity contribution is -0.167. The Balaban J connectivity index is 3.89. The predicted molar refractivity (Wildman–Crippen MR) is 349 cm³/mol. The highest BCUT2D eigenvalue weighted by Crippen LogP contribution is 2.19. The molecular formula is C74H138O6. The highest BCUT2D eigenvalue weighted by molar-refractivity contribution is 5.71. The van der Waals surface area contributed by atoms with Gasteiger partial charge in [-0.25, -0.2) is 0 Å². The Morgan fingerprint density at radius 2 is 0.450 bits per heavy atom. The number of hydrogen-bond acceptors (Lipinski definition) is 6. The molecule has 0 fully saturated rings. The minimum Gasteiger partial charge on any atom is -0.462 e. The molecule has 6 heteroatoms. The lowest BCUT2D eigenvalue weighted by Crippen LogP contribution is -2.30. The van der Waals surface area contributed by atoms with Gasteiger partial charge in [0.05, 0.1) is 0 Å². The lowest BCUT2D eigenvalue weighted by atomic mass is 10.0. The second-order valence-corrected chi connectivity index (χ2v) is 24.5. The second kappa shape index (κ2) is 69.1. The first kappa shape index (κ1) is 77.6. The van der Waals surface area contributed by atoms with Crippen molar-refractivity contribution in [3.63, 3.8) is 0 Å². The van der Waals surface area contributed by atoms with Crippen LogP contribution >= 0.6 is 0 Å². The van der Waals surface area contributed by atoms with Crippen molar-refractivity contribution in [3.8, 4) is 0 Å². The molecule has 80 heavy (non-hydrogen) atoms. The van der Waals surface area contributed by atoms with Crippen LogP contribution in [0.5, 0.6) is 0 Å². The highest BCUT2D eigenvalue weighted by atomic mass is 16.6. The van der Waals surface area contributed by atoms with Crippen LogP contribution in [0.4, 0.5) is 0 Å². The fourth-order valence-corrected chi connectivity index (χ4v) is 11.0. The first-order chi connectivity index (χ1) is 39.5. The Labute approximate surface area is 499 Å². The zero-order chi connectivity index (χ0) is 57.8. The molecule has 0 radical (unpaired) electrons. The third-order valence-electron chi connectivity index (χ3n) is 16.4. The Morgan fingerprint density at radius 1 is 0.250 bits per heavy atom. The van der Waals surface area contributed by atoms with Gasteiger partial charge in [-0.2, -0.15) is 0 Å². The lowest BCUT2D eigenvalue weighted by Gasteiger charge is -2.18. The van der Waals surface area contributed by atoms with Gasteiger partial charge in [-0.05, 0) is 57.8 Å². The maximum absolute atomic E-state index is 12.8. The minimum absolute atomic E-state index is 0.0714. The molecule has 6 nitrogen and oxygen atoms in total. The first-order valence-electron chi connectivity index (χ1n) is 36.0. The van der Waals surface area contributed by atoms with E-state index >= 15 is 0 Å². The van der Waals surface area contributed by atoms with Crippen molar-refractivity contribution in [3.05, 3.63) is 36.5 Å². The Hall–Kier alpha value is -2.37. The SMILES string of the molecule is CCCCCCC/C=C\C/C=C\C/C=C\CCCCCCCCCCC(=O)OC(COC(=O)CCCCCCC)COC(=O)CCCCCCCCCCCCCCCCCCCCCCCCCCCCCCCCCCCC. The van der Waals surface area contributed by atoms with Crippen LogP contribution in [0.25, 0.3) is 0 Å². The Morgan fingerprint density at radius 3 is 0.700 bits per heavy atom. The number of unbranched alkanes of at least 4 members (excludes halogenated alkanes) is 50. The van der Waals surface area contributed by atoms with E-state index in [2.05, 4.69) is 57.2 Å². The molecule has 0 saturated heterocycles. The second-order valence-electron chi connectivity index (χ2n) is 24.5. The van der Waals surface area contributed by atoms with E-state index in [1.54, 1.807) is 0 Å². The predicted octanol–water partition coefficient (Wildman–Crippen LogP) is 24.7. The van der Waals surface area contributed by atoms with E-state index in [4.69, 9.17) is 14.2 Å². The third kappa shape index (κ3) is 66.4. The van der Waals surface area contributed by atoms with Crippen LogP contribution in [0.1, 0.15) is 400 Å².